The van der Waals surface area contributed by atoms with Crippen LogP contribution in [-0.4, -0.2) is 96.7 Å². The molecule has 0 amide bonds. The summed E-state index contributed by atoms with van der Waals surface area (Å²) >= 11 is 0. The Morgan fingerprint density at radius 2 is 0.490 bits per heavy atom. The molecule has 0 rings (SSSR count). The number of carbonyl (C=O) groups excluding carboxylic acids is 4. The van der Waals surface area contributed by atoms with Gasteiger partial charge in [0.2, 0.25) is 0 Å². The highest BCUT2D eigenvalue weighted by Crippen LogP contribution is 2.45. The minimum atomic E-state index is -4.97. The van der Waals surface area contributed by atoms with E-state index in [1.54, 1.807) is 0 Å². The molecule has 0 radical (unpaired) electrons. The zero-order chi connectivity index (χ0) is 76.5. The topological polar surface area (TPSA) is 237 Å². The first-order chi connectivity index (χ1) is 50.3. The SMILES string of the molecule is CCCCCCCCCCCCCCC(=O)OC[C@H](COP(=O)(O)OC[C@H](O)COP(=O)(O)OC[C@@H](COC(=O)CCCCCCCCCCCCCCCCC(C)CC)OC(=O)CCCCCCCCCCCCCCCCC(C)CC)OC(=O)CCCCCCCCCCCCCCCC(C)C. The zero-order valence-electron chi connectivity index (χ0n) is 68.5. The van der Waals surface area contributed by atoms with Gasteiger partial charge >= 0.3 is 39.5 Å². The van der Waals surface area contributed by atoms with Crippen LogP contribution in [-0.2, 0) is 65.4 Å². The molecule has 0 aliphatic rings. The molecule has 4 unspecified atom stereocenters. The summed E-state index contributed by atoms with van der Waals surface area (Å²) in [7, 11) is -9.93. The molecule has 17 nitrogen and oxygen atoms in total. The van der Waals surface area contributed by atoms with Gasteiger partial charge in [0, 0.05) is 25.7 Å². The molecule has 0 saturated carbocycles. The molecule has 0 aliphatic carbocycles. The molecule has 0 spiro atoms. The van der Waals surface area contributed by atoms with Crippen LogP contribution in [0.25, 0.3) is 0 Å². The van der Waals surface area contributed by atoms with E-state index in [4.69, 9.17) is 37.0 Å². The van der Waals surface area contributed by atoms with E-state index in [2.05, 4.69) is 48.5 Å². The Labute approximate surface area is 638 Å². The predicted octanol–water partition coefficient (Wildman–Crippen LogP) is 25.7. The summed E-state index contributed by atoms with van der Waals surface area (Å²) < 4.78 is 68.9. The number of aliphatic hydroxyl groups is 1. The molecule has 0 bridgehead atoms. The summed E-state index contributed by atoms with van der Waals surface area (Å²) in [6.45, 7) is 12.1. The first-order valence-corrected chi connectivity index (χ1v) is 46.9. The summed E-state index contributed by atoms with van der Waals surface area (Å²) in [5, 5.41) is 10.7. The lowest BCUT2D eigenvalue weighted by atomic mass is 9.99. The van der Waals surface area contributed by atoms with Crippen LogP contribution in [0.3, 0.4) is 0 Å². The number of phosphoric acid groups is 2. The second-order valence-electron chi connectivity index (χ2n) is 31.5. The fourth-order valence-electron chi connectivity index (χ4n) is 13.1. The number of hydrogen-bond acceptors (Lipinski definition) is 15. The number of hydrogen-bond donors (Lipinski definition) is 3. The number of unbranched alkanes of at least 4 members (excludes halogenated alkanes) is 49. The molecule has 618 valence electrons. The third kappa shape index (κ3) is 75.5. The van der Waals surface area contributed by atoms with Gasteiger partial charge in [-0.05, 0) is 43.4 Å². The van der Waals surface area contributed by atoms with E-state index in [0.717, 1.165) is 108 Å². The summed E-state index contributed by atoms with van der Waals surface area (Å²) in [5.74, 6) is 0.379. The first-order valence-electron chi connectivity index (χ1n) is 43.9. The Hall–Kier alpha value is -1.94. The van der Waals surface area contributed by atoms with E-state index in [0.29, 0.717) is 25.7 Å². The van der Waals surface area contributed by atoms with Gasteiger partial charge in [-0.15, -0.1) is 0 Å². The smallest absolute Gasteiger partial charge is 0.462 e. The summed E-state index contributed by atoms with van der Waals surface area (Å²) in [6, 6.07) is 0. The van der Waals surface area contributed by atoms with E-state index >= 15 is 0 Å². The number of rotatable bonds is 83. The second kappa shape index (κ2) is 75.1. The Kier molecular flexibility index (Phi) is 73.7. The van der Waals surface area contributed by atoms with Gasteiger partial charge in [-0.2, -0.15) is 0 Å². The van der Waals surface area contributed by atoms with Gasteiger partial charge in [0.05, 0.1) is 26.4 Å². The number of phosphoric ester groups is 2. The van der Waals surface area contributed by atoms with Crippen molar-refractivity contribution in [3.63, 3.8) is 0 Å². The summed E-state index contributed by atoms with van der Waals surface area (Å²) in [5.41, 5.74) is 0. The van der Waals surface area contributed by atoms with Gasteiger partial charge in [0.1, 0.15) is 19.3 Å². The molecule has 0 saturated heterocycles. The molecule has 0 aromatic rings. The van der Waals surface area contributed by atoms with Crippen molar-refractivity contribution >= 4 is 39.5 Å². The van der Waals surface area contributed by atoms with Crippen LogP contribution in [0, 0.1) is 17.8 Å². The van der Waals surface area contributed by atoms with Gasteiger partial charge in [-0.25, -0.2) is 9.13 Å². The molecular formula is C85H166O17P2. The van der Waals surface area contributed by atoms with Crippen molar-refractivity contribution in [1.82, 2.24) is 0 Å². The molecule has 104 heavy (non-hydrogen) atoms. The monoisotopic (exact) mass is 1520 g/mol. The van der Waals surface area contributed by atoms with Crippen molar-refractivity contribution in [1.29, 1.82) is 0 Å². The van der Waals surface area contributed by atoms with Crippen molar-refractivity contribution in [2.75, 3.05) is 39.6 Å². The van der Waals surface area contributed by atoms with Crippen LogP contribution >= 0.6 is 15.6 Å². The maximum atomic E-state index is 13.1. The van der Waals surface area contributed by atoms with E-state index in [1.807, 2.05) is 0 Å². The van der Waals surface area contributed by atoms with E-state index < -0.39 is 97.5 Å². The van der Waals surface area contributed by atoms with Crippen molar-refractivity contribution in [2.24, 2.45) is 17.8 Å². The van der Waals surface area contributed by atoms with Gasteiger partial charge in [-0.3, -0.25) is 37.3 Å². The van der Waals surface area contributed by atoms with Crippen LogP contribution in [0.2, 0.25) is 0 Å². The van der Waals surface area contributed by atoms with Gasteiger partial charge < -0.3 is 33.8 Å². The highest BCUT2D eigenvalue weighted by atomic mass is 31.2. The number of esters is 4. The average Bonchev–Trinajstić information content (AvgIpc) is 0.913. The quantitative estimate of drug-likeness (QED) is 0.0222. The van der Waals surface area contributed by atoms with Crippen LogP contribution in [0.15, 0.2) is 0 Å². The normalized spacial score (nSPS) is 14.4. The summed E-state index contributed by atoms with van der Waals surface area (Å²) in [6.07, 6.45) is 64.9. The van der Waals surface area contributed by atoms with Crippen LogP contribution < -0.4 is 0 Å². The van der Waals surface area contributed by atoms with Gasteiger partial charge in [-0.1, -0.05) is 395 Å². The highest BCUT2D eigenvalue weighted by molar-refractivity contribution is 7.47. The third-order valence-corrected chi connectivity index (χ3v) is 22.5. The fourth-order valence-corrected chi connectivity index (χ4v) is 14.7. The Balaban J connectivity index is 5.27. The third-order valence-electron chi connectivity index (χ3n) is 20.6. The standard InChI is InChI=1S/C85H166O17P2/c1-8-11-12-13-14-15-16-31-38-45-52-59-66-82(87)95-72-80(102-85(90)69-62-55-48-41-34-27-21-22-28-35-42-49-56-63-76(4)5)74-99-103(91,92)97-70-79(86)71-98-104(93,94)100-75-81(101-84(89)68-61-54-47-40-33-26-20-18-24-30-37-44-51-58-65-78(7)10-3)73-96-83(88)67-60-53-46-39-32-25-19-17-23-29-36-43-50-57-64-77(6)9-2/h76-81,86H,8-75H2,1-7H3,(H,91,92)(H,93,94)/t77?,78?,79-,80+,81+/m0/s1. The van der Waals surface area contributed by atoms with Crippen LogP contribution in [0.4, 0.5) is 0 Å². The van der Waals surface area contributed by atoms with Crippen LogP contribution in [0.5, 0.6) is 0 Å². The largest absolute Gasteiger partial charge is 0.472 e. The molecule has 0 aliphatic heterocycles. The maximum absolute atomic E-state index is 13.1. The average molecular weight is 1520 g/mol. The minimum Gasteiger partial charge on any atom is -0.462 e. The second-order valence-corrected chi connectivity index (χ2v) is 34.4. The number of aliphatic hydroxyl groups excluding tert-OH is 1. The lowest BCUT2D eigenvalue weighted by Crippen LogP contribution is -2.30. The minimum absolute atomic E-state index is 0.108. The predicted molar refractivity (Wildman–Crippen MR) is 428 cm³/mol. The Bertz CT molecular complexity index is 2010. The highest BCUT2D eigenvalue weighted by Gasteiger charge is 2.30. The van der Waals surface area contributed by atoms with Gasteiger partial charge in [0.15, 0.2) is 12.2 Å². The molecule has 0 aromatic heterocycles. The molecule has 19 heteroatoms. The molecule has 3 N–H and O–H groups in total. The molecule has 7 atom stereocenters. The van der Waals surface area contributed by atoms with E-state index in [-0.39, 0.29) is 25.7 Å². The van der Waals surface area contributed by atoms with Gasteiger partial charge in [0.25, 0.3) is 0 Å². The summed E-state index contributed by atoms with van der Waals surface area (Å²) in [4.78, 5) is 73.2. The number of ether oxygens (including phenoxy) is 4. The molecular weight excluding hydrogens is 1350 g/mol. The Morgan fingerprint density at radius 1 is 0.279 bits per heavy atom. The van der Waals surface area contributed by atoms with Crippen LogP contribution in [0.1, 0.15) is 447 Å². The number of carbonyl (C=O) groups is 4. The van der Waals surface area contributed by atoms with Crippen molar-refractivity contribution in [3.8, 4) is 0 Å². The van der Waals surface area contributed by atoms with E-state index in [1.165, 1.54) is 257 Å². The Morgan fingerprint density at radius 3 is 0.731 bits per heavy atom. The zero-order valence-corrected chi connectivity index (χ0v) is 70.3. The first kappa shape index (κ1) is 102. The molecule has 0 fully saturated rings. The lowest BCUT2D eigenvalue weighted by molar-refractivity contribution is -0.161. The fraction of sp³-hybridized carbons (Fsp3) is 0.953. The molecule has 0 aromatic carbocycles. The maximum Gasteiger partial charge on any atom is 0.472 e. The van der Waals surface area contributed by atoms with Crippen molar-refractivity contribution < 1.29 is 80.2 Å². The lowest BCUT2D eigenvalue weighted by Gasteiger charge is -2.21. The van der Waals surface area contributed by atoms with Crippen molar-refractivity contribution in [2.45, 2.75) is 465 Å². The van der Waals surface area contributed by atoms with Crippen molar-refractivity contribution in [3.05, 3.63) is 0 Å². The van der Waals surface area contributed by atoms with E-state index in [9.17, 15) is 43.2 Å². The molecule has 0 heterocycles.